The standard InChI is InChI=1S/C17H27N3O/c1-17(2)9-7-13(8-10-17)19-15-6-5-14(18)16(20-15)21-11-12-3-4-12/h5-6,12-13H,3-4,7-11,18H2,1-2H3,(H,19,20). The number of pyridine rings is 1. The Bertz CT molecular complexity index is 487. The molecule has 0 unspecified atom stereocenters. The molecule has 3 rings (SSSR count). The van der Waals surface area contributed by atoms with Gasteiger partial charge in [0.15, 0.2) is 0 Å². The number of rotatable bonds is 5. The van der Waals surface area contributed by atoms with Gasteiger partial charge in [0, 0.05) is 6.04 Å². The molecule has 0 bridgehead atoms. The van der Waals surface area contributed by atoms with E-state index in [9.17, 15) is 0 Å². The Morgan fingerprint density at radius 2 is 1.95 bits per heavy atom. The molecule has 2 fully saturated rings. The molecular weight excluding hydrogens is 262 g/mol. The lowest BCUT2D eigenvalue weighted by molar-refractivity contribution is 0.232. The lowest BCUT2D eigenvalue weighted by atomic mass is 9.75. The molecule has 2 saturated carbocycles. The van der Waals surface area contributed by atoms with Crippen LogP contribution in [0.2, 0.25) is 0 Å². The Kier molecular flexibility index (Phi) is 3.96. The van der Waals surface area contributed by atoms with Gasteiger partial charge in [-0.25, -0.2) is 0 Å². The van der Waals surface area contributed by atoms with E-state index >= 15 is 0 Å². The van der Waals surface area contributed by atoms with E-state index in [2.05, 4.69) is 24.1 Å². The summed E-state index contributed by atoms with van der Waals surface area (Å²) >= 11 is 0. The minimum atomic E-state index is 0.491. The fraction of sp³-hybridized carbons (Fsp3) is 0.706. The highest BCUT2D eigenvalue weighted by Gasteiger charge is 2.27. The van der Waals surface area contributed by atoms with E-state index in [0.29, 0.717) is 28.9 Å². The molecule has 1 aromatic rings. The van der Waals surface area contributed by atoms with Gasteiger partial charge < -0.3 is 15.8 Å². The smallest absolute Gasteiger partial charge is 0.239 e. The zero-order valence-corrected chi connectivity index (χ0v) is 13.2. The topological polar surface area (TPSA) is 60.2 Å². The third-order valence-electron chi connectivity index (χ3n) is 4.73. The summed E-state index contributed by atoms with van der Waals surface area (Å²) in [4.78, 5) is 4.54. The van der Waals surface area contributed by atoms with Crippen LogP contribution < -0.4 is 15.8 Å². The zero-order chi connectivity index (χ0) is 14.9. The summed E-state index contributed by atoms with van der Waals surface area (Å²) in [6.45, 7) is 5.46. The van der Waals surface area contributed by atoms with Crippen LogP contribution in [0.5, 0.6) is 5.88 Å². The predicted octanol–water partition coefficient (Wildman–Crippen LogP) is 3.83. The van der Waals surface area contributed by atoms with E-state index in [0.717, 1.165) is 12.4 Å². The third-order valence-corrected chi connectivity index (χ3v) is 4.73. The number of hydrogen-bond acceptors (Lipinski definition) is 4. The van der Waals surface area contributed by atoms with E-state index in [1.807, 2.05) is 12.1 Å². The first-order chi connectivity index (χ1) is 10.0. The molecule has 116 valence electrons. The van der Waals surface area contributed by atoms with Gasteiger partial charge in [-0.2, -0.15) is 4.98 Å². The van der Waals surface area contributed by atoms with Gasteiger partial charge in [0.05, 0.1) is 12.3 Å². The van der Waals surface area contributed by atoms with Crippen LogP contribution >= 0.6 is 0 Å². The van der Waals surface area contributed by atoms with Crippen molar-refractivity contribution in [3.8, 4) is 5.88 Å². The molecule has 0 aliphatic heterocycles. The fourth-order valence-electron chi connectivity index (χ4n) is 2.88. The maximum Gasteiger partial charge on any atom is 0.239 e. The number of nitrogen functional groups attached to an aromatic ring is 1. The number of hydrogen-bond donors (Lipinski definition) is 2. The summed E-state index contributed by atoms with van der Waals surface area (Å²) in [6, 6.07) is 4.37. The van der Waals surface area contributed by atoms with E-state index in [1.54, 1.807) is 0 Å². The average Bonchev–Trinajstić information content (AvgIpc) is 3.26. The van der Waals surface area contributed by atoms with Crippen LogP contribution in [0, 0.1) is 11.3 Å². The van der Waals surface area contributed by atoms with Crippen LogP contribution in [-0.2, 0) is 0 Å². The third kappa shape index (κ3) is 4.02. The largest absolute Gasteiger partial charge is 0.476 e. The Morgan fingerprint density at radius 1 is 1.24 bits per heavy atom. The number of nitrogens with zero attached hydrogens (tertiary/aromatic N) is 1. The molecule has 0 amide bonds. The van der Waals surface area contributed by atoms with Gasteiger partial charge in [0.2, 0.25) is 5.88 Å². The molecule has 2 aliphatic rings. The Morgan fingerprint density at radius 3 is 2.62 bits per heavy atom. The second-order valence-electron chi connectivity index (χ2n) is 7.43. The van der Waals surface area contributed by atoms with Crippen LogP contribution in [0.15, 0.2) is 12.1 Å². The molecule has 1 aromatic heterocycles. The van der Waals surface area contributed by atoms with E-state index in [1.165, 1.54) is 38.5 Å². The monoisotopic (exact) mass is 289 g/mol. The van der Waals surface area contributed by atoms with Gasteiger partial charge in [-0.05, 0) is 62.0 Å². The summed E-state index contributed by atoms with van der Waals surface area (Å²) < 4.78 is 5.75. The molecule has 21 heavy (non-hydrogen) atoms. The second-order valence-corrected chi connectivity index (χ2v) is 7.43. The summed E-state index contributed by atoms with van der Waals surface area (Å²) in [5.41, 5.74) is 7.07. The number of nitrogens with two attached hydrogens (primary N) is 1. The molecule has 4 nitrogen and oxygen atoms in total. The maximum atomic E-state index is 5.95. The van der Waals surface area contributed by atoms with Crippen molar-refractivity contribution < 1.29 is 4.74 Å². The molecule has 4 heteroatoms. The minimum absolute atomic E-state index is 0.491. The predicted molar refractivity (Wildman–Crippen MR) is 86.5 cm³/mol. The van der Waals surface area contributed by atoms with Crippen molar-refractivity contribution in [2.24, 2.45) is 11.3 Å². The SMILES string of the molecule is CC1(C)CCC(Nc2ccc(N)c(OCC3CC3)n2)CC1. The van der Waals surface area contributed by atoms with Crippen molar-refractivity contribution in [3.63, 3.8) is 0 Å². The summed E-state index contributed by atoms with van der Waals surface area (Å²) in [5.74, 6) is 2.19. The van der Waals surface area contributed by atoms with Crippen molar-refractivity contribution in [3.05, 3.63) is 12.1 Å². The van der Waals surface area contributed by atoms with Gasteiger partial charge in [0.1, 0.15) is 5.82 Å². The van der Waals surface area contributed by atoms with Crippen LogP contribution in [0.25, 0.3) is 0 Å². The zero-order valence-electron chi connectivity index (χ0n) is 13.2. The first-order valence-electron chi connectivity index (χ1n) is 8.18. The molecule has 3 N–H and O–H groups in total. The molecular formula is C17H27N3O. The van der Waals surface area contributed by atoms with Gasteiger partial charge >= 0.3 is 0 Å². The average molecular weight is 289 g/mol. The Hall–Kier alpha value is -1.45. The van der Waals surface area contributed by atoms with E-state index in [-0.39, 0.29) is 0 Å². The molecule has 0 atom stereocenters. The summed E-state index contributed by atoms with van der Waals surface area (Å²) in [7, 11) is 0. The molecule has 2 aliphatic carbocycles. The van der Waals surface area contributed by atoms with Gasteiger partial charge in [-0.1, -0.05) is 13.8 Å². The molecule has 0 radical (unpaired) electrons. The van der Waals surface area contributed by atoms with Crippen LogP contribution in [0.4, 0.5) is 11.5 Å². The van der Waals surface area contributed by atoms with Gasteiger partial charge in [-0.3, -0.25) is 0 Å². The van der Waals surface area contributed by atoms with Crippen molar-refractivity contribution in [2.45, 2.75) is 58.4 Å². The normalized spacial score (nSPS) is 22.0. The van der Waals surface area contributed by atoms with Gasteiger partial charge in [0.25, 0.3) is 0 Å². The number of aromatic nitrogens is 1. The quantitative estimate of drug-likeness (QED) is 0.864. The maximum absolute atomic E-state index is 5.95. The number of nitrogens with one attached hydrogen (secondary N) is 1. The van der Waals surface area contributed by atoms with Crippen LogP contribution in [-0.4, -0.2) is 17.6 Å². The van der Waals surface area contributed by atoms with E-state index in [4.69, 9.17) is 10.5 Å². The lowest BCUT2D eigenvalue weighted by Gasteiger charge is -2.34. The van der Waals surface area contributed by atoms with E-state index < -0.39 is 0 Å². The minimum Gasteiger partial charge on any atom is -0.476 e. The summed E-state index contributed by atoms with van der Waals surface area (Å²) in [6.07, 6.45) is 7.50. The molecule has 1 heterocycles. The Labute approximate surface area is 127 Å². The van der Waals surface area contributed by atoms with Crippen LogP contribution in [0.3, 0.4) is 0 Å². The van der Waals surface area contributed by atoms with Crippen molar-refractivity contribution >= 4 is 11.5 Å². The fourth-order valence-corrected chi connectivity index (χ4v) is 2.88. The molecule has 0 aromatic carbocycles. The second kappa shape index (κ2) is 5.74. The first kappa shape index (κ1) is 14.5. The van der Waals surface area contributed by atoms with Gasteiger partial charge in [-0.15, -0.1) is 0 Å². The van der Waals surface area contributed by atoms with Crippen molar-refractivity contribution in [1.29, 1.82) is 0 Å². The molecule has 0 saturated heterocycles. The number of ether oxygens (including phenoxy) is 1. The highest BCUT2D eigenvalue weighted by atomic mass is 16.5. The summed E-state index contributed by atoms with van der Waals surface area (Å²) in [5, 5.41) is 3.54. The Balaban J connectivity index is 1.58. The number of anilines is 2. The first-order valence-corrected chi connectivity index (χ1v) is 8.18. The van der Waals surface area contributed by atoms with Crippen molar-refractivity contribution in [1.82, 2.24) is 4.98 Å². The highest BCUT2D eigenvalue weighted by molar-refractivity contribution is 5.53. The lowest BCUT2D eigenvalue weighted by Crippen LogP contribution is -2.30. The van der Waals surface area contributed by atoms with Crippen molar-refractivity contribution in [2.75, 3.05) is 17.7 Å². The van der Waals surface area contributed by atoms with Crippen LogP contribution in [0.1, 0.15) is 52.4 Å². The molecule has 0 spiro atoms. The highest BCUT2D eigenvalue weighted by Crippen LogP contribution is 2.36.